The zero-order valence-corrected chi connectivity index (χ0v) is 6.67. The van der Waals surface area contributed by atoms with Gasteiger partial charge >= 0.3 is 0 Å². The van der Waals surface area contributed by atoms with Gasteiger partial charge < -0.3 is 0 Å². The van der Waals surface area contributed by atoms with E-state index in [4.69, 9.17) is 0 Å². The molecule has 54 valence electrons. The maximum Gasteiger partial charge on any atom is 0.197 e. The van der Waals surface area contributed by atoms with E-state index in [0.29, 0.717) is 5.12 Å². The Morgan fingerprint density at radius 3 is 2.80 bits per heavy atom. The number of carbonyl (C=O) groups is 1. The lowest BCUT2D eigenvalue weighted by molar-refractivity contribution is -0.110. The first kappa shape index (κ1) is 6.47. The van der Waals surface area contributed by atoms with Crippen molar-refractivity contribution in [3.05, 3.63) is 10.5 Å². The lowest BCUT2D eigenvalue weighted by atomic mass is 9.98. The van der Waals surface area contributed by atoms with Crippen molar-refractivity contribution in [2.24, 2.45) is 0 Å². The molecule has 0 spiro atoms. The SMILES string of the molecule is O=C1CC2=C(CCCC2)S1. The van der Waals surface area contributed by atoms with Gasteiger partial charge in [-0.3, -0.25) is 4.79 Å². The third-order valence-electron chi connectivity index (χ3n) is 2.12. The predicted octanol–water partition coefficient (Wildman–Crippen LogP) is 2.48. The molecule has 1 heterocycles. The molecule has 0 saturated carbocycles. The molecule has 2 heteroatoms. The first-order valence-corrected chi connectivity index (χ1v) is 4.59. The summed E-state index contributed by atoms with van der Waals surface area (Å²) in [6.07, 6.45) is 5.70. The lowest BCUT2D eigenvalue weighted by Crippen LogP contribution is -1.91. The van der Waals surface area contributed by atoms with Gasteiger partial charge in [0.15, 0.2) is 5.12 Å². The van der Waals surface area contributed by atoms with Crippen LogP contribution in [0.25, 0.3) is 0 Å². The molecule has 0 fully saturated rings. The molecule has 0 bridgehead atoms. The fourth-order valence-corrected chi connectivity index (χ4v) is 2.68. The van der Waals surface area contributed by atoms with Crippen LogP contribution in [0.3, 0.4) is 0 Å². The Kier molecular flexibility index (Phi) is 1.57. The van der Waals surface area contributed by atoms with Crippen LogP contribution in [-0.4, -0.2) is 5.12 Å². The van der Waals surface area contributed by atoms with Gasteiger partial charge in [-0.15, -0.1) is 0 Å². The normalized spacial score (nSPS) is 25.4. The Balaban J connectivity index is 2.20. The second-order valence-electron chi connectivity index (χ2n) is 2.88. The fraction of sp³-hybridized carbons (Fsp3) is 0.625. The van der Waals surface area contributed by atoms with Crippen molar-refractivity contribution in [3.8, 4) is 0 Å². The Morgan fingerprint density at radius 1 is 1.20 bits per heavy atom. The molecular formula is C8H10OS. The molecule has 0 saturated heterocycles. The first-order valence-electron chi connectivity index (χ1n) is 3.78. The fourth-order valence-electron chi connectivity index (χ4n) is 1.60. The summed E-state index contributed by atoms with van der Waals surface area (Å²) in [4.78, 5) is 12.3. The van der Waals surface area contributed by atoms with E-state index in [1.165, 1.54) is 47.9 Å². The highest BCUT2D eigenvalue weighted by Crippen LogP contribution is 2.41. The molecule has 0 aromatic rings. The van der Waals surface area contributed by atoms with Crippen LogP contribution in [-0.2, 0) is 4.79 Å². The minimum Gasteiger partial charge on any atom is -0.286 e. The molecule has 2 rings (SSSR count). The van der Waals surface area contributed by atoms with E-state index >= 15 is 0 Å². The monoisotopic (exact) mass is 154 g/mol. The van der Waals surface area contributed by atoms with Crippen molar-refractivity contribution in [2.45, 2.75) is 32.1 Å². The van der Waals surface area contributed by atoms with Crippen molar-refractivity contribution in [2.75, 3.05) is 0 Å². The molecule has 0 aromatic carbocycles. The highest BCUT2D eigenvalue weighted by molar-refractivity contribution is 8.17. The van der Waals surface area contributed by atoms with Gasteiger partial charge in [-0.1, -0.05) is 17.3 Å². The maximum atomic E-state index is 10.9. The van der Waals surface area contributed by atoms with Crippen LogP contribution in [0.5, 0.6) is 0 Å². The van der Waals surface area contributed by atoms with Crippen molar-refractivity contribution >= 4 is 16.9 Å². The van der Waals surface area contributed by atoms with Crippen LogP contribution < -0.4 is 0 Å². The van der Waals surface area contributed by atoms with E-state index < -0.39 is 0 Å². The van der Waals surface area contributed by atoms with Crippen molar-refractivity contribution in [1.29, 1.82) is 0 Å². The van der Waals surface area contributed by atoms with Gasteiger partial charge in [0.2, 0.25) is 0 Å². The van der Waals surface area contributed by atoms with Crippen molar-refractivity contribution in [1.82, 2.24) is 0 Å². The van der Waals surface area contributed by atoms with Crippen molar-refractivity contribution < 1.29 is 4.79 Å². The predicted molar refractivity (Wildman–Crippen MR) is 42.7 cm³/mol. The lowest BCUT2D eigenvalue weighted by Gasteiger charge is -2.10. The largest absolute Gasteiger partial charge is 0.286 e. The summed E-state index contributed by atoms with van der Waals surface area (Å²) in [6, 6.07) is 0. The number of carbonyl (C=O) groups excluding carboxylic acids is 1. The molecule has 10 heavy (non-hydrogen) atoms. The Morgan fingerprint density at radius 2 is 2.00 bits per heavy atom. The molecule has 1 aliphatic carbocycles. The van der Waals surface area contributed by atoms with Crippen LogP contribution in [0, 0.1) is 0 Å². The zero-order valence-electron chi connectivity index (χ0n) is 5.85. The van der Waals surface area contributed by atoms with Crippen LogP contribution >= 0.6 is 11.8 Å². The van der Waals surface area contributed by atoms with Crippen LogP contribution in [0.4, 0.5) is 0 Å². The maximum absolute atomic E-state index is 10.9. The molecule has 0 radical (unpaired) electrons. The second kappa shape index (κ2) is 2.42. The van der Waals surface area contributed by atoms with E-state index in [2.05, 4.69) is 0 Å². The molecule has 0 unspecified atom stereocenters. The quantitative estimate of drug-likeness (QED) is 0.533. The van der Waals surface area contributed by atoms with Crippen LogP contribution in [0.1, 0.15) is 32.1 Å². The summed E-state index contributed by atoms with van der Waals surface area (Å²) in [5.74, 6) is 0. The summed E-state index contributed by atoms with van der Waals surface area (Å²) in [7, 11) is 0. The average Bonchev–Trinajstić information content (AvgIpc) is 2.27. The molecule has 0 atom stereocenters. The molecule has 0 aromatic heterocycles. The smallest absolute Gasteiger partial charge is 0.197 e. The van der Waals surface area contributed by atoms with Gasteiger partial charge in [0.05, 0.1) is 0 Å². The van der Waals surface area contributed by atoms with Gasteiger partial charge in [0.25, 0.3) is 0 Å². The average molecular weight is 154 g/mol. The first-order chi connectivity index (χ1) is 4.86. The summed E-state index contributed by atoms with van der Waals surface area (Å²) in [6.45, 7) is 0. The van der Waals surface area contributed by atoms with Gasteiger partial charge in [-0.05, 0) is 30.6 Å². The Hall–Kier alpha value is -0.240. The highest BCUT2D eigenvalue weighted by Gasteiger charge is 2.23. The van der Waals surface area contributed by atoms with E-state index in [9.17, 15) is 4.79 Å². The molecule has 1 nitrogen and oxygen atoms in total. The highest BCUT2D eigenvalue weighted by atomic mass is 32.2. The van der Waals surface area contributed by atoms with Gasteiger partial charge in [-0.25, -0.2) is 0 Å². The third kappa shape index (κ3) is 1.01. The molecular weight excluding hydrogens is 144 g/mol. The summed E-state index contributed by atoms with van der Waals surface area (Å²) in [5, 5.41) is 0.368. The summed E-state index contributed by atoms with van der Waals surface area (Å²) >= 11 is 1.49. The second-order valence-corrected chi connectivity index (χ2v) is 4.04. The molecule has 2 aliphatic rings. The molecule has 0 N–H and O–H groups in total. The third-order valence-corrected chi connectivity index (χ3v) is 3.23. The van der Waals surface area contributed by atoms with Gasteiger partial charge in [0, 0.05) is 6.42 Å². The number of thioether (sulfide) groups is 1. The zero-order chi connectivity index (χ0) is 6.97. The number of hydrogen-bond acceptors (Lipinski definition) is 2. The number of hydrogen-bond donors (Lipinski definition) is 0. The van der Waals surface area contributed by atoms with Crippen LogP contribution in [0.15, 0.2) is 10.5 Å². The number of rotatable bonds is 0. The summed E-state index contributed by atoms with van der Waals surface area (Å²) < 4.78 is 0. The van der Waals surface area contributed by atoms with E-state index in [1.807, 2.05) is 0 Å². The van der Waals surface area contributed by atoms with E-state index in [-0.39, 0.29) is 0 Å². The standard InChI is InChI=1S/C8H10OS/c9-8-5-6-3-1-2-4-7(6)10-8/h1-5H2. The Labute approximate surface area is 64.9 Å². The summed E-state index contributed by atoms with van der Waals surface area (Å²) in [5.41, 5.74) is 1.45. The van der Waals surface area contributed by atoms with Gasteiger partial charge in [-0.2, -0.15) is 0 Å². The van der Waals surface area contributed by atoms with E-state index in [1.54, 1.807) is 0 Å². The Bertz CT molecular complexity index is 185. The molecule has 0 amide bonds. The molecule has 1 aliphatic heterocycles. The van der Waals surface area contributed by atoms with Crippen LogP contribution in [0.2, 0.25) is 0 Å². The minimum atomic E-state index is 0.368. The van der Waals surface area contributed by atoms with Gasteiger partial charge in [0.1, 0.15) is 0 Å². The number of allylic oxidation sites excluding steroid dienone is 2. The van der Waals surface area contributed by atoms with E-state index in [0.717, 1.165) is 6.42 Å². The topological polar surface area (TPSA) is 17.1 Å². The minimum absolute atomic E-state index is 0.368. The van der Waals surface area contributed by atoms with Crippen molar-refractivity contribution in [3.63, 3.8) is 0 Å².